The number of piperazine rings is 1. The molecule has 1 aliphatic rings. The molecule has 0 spiro atoms. The van der Waals surface area contributed by atoms with Crippen molar-refractivity contribution in [2.75, 3.05) is 38.0 Å². The Balaban J connectivity index is 1.77. The van der Waals surface area contributed by atoms with Crippen LogP contribution in [0.5, 0.6) is 0 Å². The smallest absolute Gasteiger partial charge is 0.239 e. The maximum absolute atomic E-state index is 12.0. The van der Waals surface area contributed by atoms with Crippen LogP contribution in [0.3, 0.4) is 0 Å². The number of nitrogens with zero attached hydrogens (tertiary/aromatic N) is 3. The van der Waals surface area contributed by atoms with Gasteiger partial charge >= 0.3 is 0 Å². The number of carbonyl (C=O) groups excluding carboxylic acids is 1. The van der Waals surface area contributed by atoms with E-state index in [0.29, 0.717) is 12.4 Å². The monoisotopic (exact) mass is 276 g/mol. The van der Waals surface area contributed by atoms with Crippen LogP contribution in [0.4, 0.5) is 5.82 Å². The number of pyridine rings is 1. The topological polar surface area (TPSA) is 48.5 Å². The van der Waals surface area contributed by atoms with Crippen LogP contribution in [0.1, 0.15) is 20.8 Å². The molecule has 1 N–H and O–H groups in total. The minimum Gasteiger partial charge on any atom is -0.310 e. The van der Waals surface area contributed by atoms with Gasteiger partial charge in [-0.05, 0) is 32.9 Å². The fraction of sp³-hybridized carbons (Fsp3) is 0.600. The molecule has 0 aromatic carbocycles. The molecule has 0 saturated carbocycles. The van der Waals surface area contributed by atoms with E-state index in [1.165, 1.54) is 0 Å². The van der Waals surface area contributed by atoms with Crippen LogP contribution >= 0.6 is 0 Å². The van der Waals surface area contributed by atoms with Gasteiger partial charge in [0, 0.05) is 37.9 Å². The number of nitrogens with one attached hydrogen (secondary N) is 1. The lowest BCUT2D eigenvalue weighted by Gasteiger charge is -2.42. The van der Waals surface area contributed by atoms with Gasteiger partial charge in [-0.1, -0.05) is 6.07 Å². The van der Waals surface area contributed by atoms with Crippen LogP contribution in [-0.2, 0) is 4.79 Å². The second-order valence-corrected chi connectivity index (χ2v) is 6.20. The highest BCUT2D eigenvalue weighted by atomic mass is 16.2. The fourth-order valence-electron chi connectivity index (χ4n) is 2.40. The van der Waals surface area contributed by atoms with Gasteiger partial charge in [-0.3, -0.25) is 14.6 Å². The van der Waals surface area contributed by atoms with Crippen molar-refractivity contribution in [1.29, 1.82) is 0 Å². The summed E-state index contributed by atoms with van der Waals surface area (Å²) in [6, 6.07) is 5.50. The number of carbonyl (C=O) groups is 1. The minimum atomic E-state index is 0.00732. The van der Waals surface area contributed by atoms with E-state index in [9.17, 15) is 4.79 Å². The first kappa shape index (κ1) is 14.9. The Morgan fingerprint density at radius 1 is 1.25 bits per heavy atom. The van der Waals surface area contributed by atoms with Gasteiger partial charge in [-0.2, -0.15) is 0 Å². The summed E-state index contributed by atoms with van der Waals surface area (Å²) in [5.74, 6) is 0.624. The van der Waals surface area contributed by atoms with Gasteiger partial charge in [-0.25, -0.2) is 4.98 Å². The van der Waals surface area contributed by atoms with Gasteiger partial charge in [0.05, 0.1) is 6.54 Å². The second-order valence-electron chi connectivity index (χ2n) is 6.20. The lowest BCUT2D eigenvalue weighted by Crippen LogP contribution is -2.54. The highest BCUT2D eigenvalue weighted by Gasteiger charge is 2.26. The predicted molar refractivity (Wildman–Crippen MR) is 80.6 cm³/mol. The maximum atomic E-state index is 12.0. The molecular formula is C15H24N4O. The average Bonchev–Trinajstić information content (AvgIpc) is 2.39. The van der Waals surface area contributed by atoms with Crippen molar-refractivity contribution < 1.29 is 4.79 Å². The zero-order chi connectivity index (χ0) is 14.6. The molecule has 20 heavy (non-hydrogen) atoms. The molecule has 1 saturated heterocycles. The van der Waals surface area contributed by atoms with Crippen molar-refractivity contribution in [2.24, 2.45) is 0 Å². The molecule has 0 unspecified atom stereocenters. The molecule has 1 amide bonds. The molecule has 0 aliphatic carbocycles. The highest BCUT2D eigenvalue weighted by Crippen LogP contribution is 2.15. The van der Waals surface area contributed by atoms with Gasteiger partial charge in [-0.15, -0.1) is 0 Å². The van der Waals surface area contributed by atoms with Crippen LogP contribution in [0.15, 0.2) is 24.4 Å². The quantitative estimate of drug-likeness (QED) is 0.907. The highest BCUT2D eigenvalue weighted by molar-refractivity contribution is 5.91. The van der Waals surface area contributed by atoms with Crippen molar-refractivity contribution in [1.82, 2.24) is 14.8 Å². The first-order valence-electron chi connectivity index (χ1n) is 7.13. The summed E-state index contributed by atoms with van der Waals surface area (Å²) in [5.41, 5.74) is 0.211. The van der Waals surface area contributed by atoms with Crippen molar-refractivity contribution >= 4 is 11.7 Å². The molecule has 0 bridgehead atoms. The Kier molecular flexibility index (Phi) is 4.73. The number of amides is 1. The third-order valence-electron chi connectivity index (χ3n) is 3.62. The Bertz CT molecular complexity index is 433. The maximum Gasteiger partial charge on any atom is 0.239 e. The Morgan fingerprint density at radius 3 is 2.50 bits per heavy atom. The summed E-state index contributed by atoms with van der Waals surface area (Å²) in [4.78, 5) is 20.7. The van der Waals surface area contributed by atoms with E-state index < -0.39 is 0 Å². The Hall–Kier alpha value is -1.46. The molecule has 1 fully saturated rings. The Labute approximate surface area is 121 Å². The average molecular weight is 276 g/mol. The molecule has 1 aromatic heterocycles. The SMILES string of the molecule is CC(C)(C)N1CCN(CC(=O)Nc2ccccn2)CC1. The van der Waals surface area contributed by atoms with Crippen LogP contribution in [0, 0.1) is 0 Å². The molecule has 2 heterocycles. The van der Waals surface area contributed by atoms with Gasteiger partial charge in [0.25, 0.3) is 0 Å². The number of hydrogen-bond donors (Lipinski definition) is 1. The second kappa shape index (κ2) is 6.33. The van der Waals surface area contributed by atoms with Gasteiger partial charge in [0.2, 0.25) is 5.91 Å². The molecule has 5 heteroatoms. The molecule has 1 aliphatic heterocycles. The van der Waals surface area contributed by atoms with Gasteiger partial charge < -0.3 is 5.32 Å². The number of rotatable bonds is 3. The summed E-state index contributed by atoms with van der Waals surface area (Å²) in [6.07, 6.45) is 1.68. The van der Waals surface area contributed by atoms with E-state index in [1.54, 1.807) is 12.3 Å². The van der Waals surface area contributed by atoms with Crippen molar-refractivity contribution in [2.45, 2.75) is 26.3 Å². The first-order valence-corrected chi connectivity index (χ1v) is 7.13. The first-order chi connectivity index (χ1) is 9.45. The number of aromatic nitrogens is 1. The summed E-state index contributed by atoms with van der Waals surface area (Å²) < 4.78 is 0. The molecule has 2 rings (SSSR count). The summed E-state index contributed by atoms with van der Waals surface area (Å²) in [6.45, 7) is 11.0. The summed E-state index contributed by atoms with van der Waals surface area (Å²) in [7, 11) is 0. The lowest BCUT2D eigenvalue weighted by molar-refractivity contribution is -0.117. The normalized spacial score (nSPS) is 17.9. The zero-order valence-electron chi connectivity index (χ0n) is 12.6. The molecule has 1 aromatic rings. The molecule has 110 valence electrons. The standard InChI is InChI=1S/C15H24N4O/c1-15(2,3)19-10-8-18(9-11-19)12-14(20)17-13-6-4-5-7-16-13/h4-7H,8-12H2,1-3H3,(H,16,17,20). The van der Waals surface area contributed by atoms with Gasteiger partial charge in [0.1, 0.15) is 5.82 Å². The summed E-state index contributed by atoms with van der Waals surface area (Å²) in [5, 5.41) is 2.83. The van der Waals surface area contributed by atoms with E-state index in [-0.39, 0.29) is 11.4 Å². The summed E-state index contributed by atoms with van der Waals surface area (Å²) >= 11 is 0. The van der Waals surface area contributed by atoms with E-state index in [2.05, 4.69) is 40.9 Å². The lowest BCUT2D eigenvalue weighted by atomic mass is 10.1. The van der Waals surface area contributed by atoms with E-state index in [1.807, 2.05) is 12.1 Å². The zero-order valence-corrected chi connectivity index (χ0v) is 12.6. The minimum absolute atomic E-state index is 0.00732. The van der Waals surface area contributed by atoms with Crippen LogP contribution in [-0.4, -0.2) is 59.0 Å². The van der Waals surface area contributed by atoms with Crippen molar-refractivity contribution in [3.8, 4) is 0 Å². The van der Waals surface area contributed by atoms with E-state index in [0.717, 1.165) is 26.2 Å². The third kappa shape index (κ3) is 4.28. The molecule has 5 nitrogen and oxygen atoms in total. The number of hydrogen-bond acceptors (Lipinski definition) is 4. The van der Waals surface area contributed by atoms with Crippen LogP contribution in [0.25, 0.3) is 0 Å². The van der Waals surface area contributed by atoms with E-state index >= 15 is 0 Å². The largest absolute Gasteiger partial charge is 0.310 e. The van der Waals surface area contributed by atoms with Crippen LogP contribution < -0.4 is 5.32 Å². The number of anilines is 1. The Morgan fingerprint density at radius 2 is 1.95 bits per heavy atom. The van der Waals surface area contributed by atoms with Crippen molar-refractivity contribution in [3.05, 3.63) is 24.4 Å². The fourth-order valence-corrected chi connectivity index (χ4v) is 2.40. The molecule has 0 radical (unpaired) electrons. The predicted octanol–water partition coefficient (Wildman–Crippen LogP) is 1.44. The van der Waals surface area contributed by atoms with Gasteiger partial charge in [0.15, 0.2) is 0 Å². The third-order valence-corrected chi connectivity index (χ3v) is 3.62. The van der Waals surface area contributed by atoms with E-state index in [4.69, 9.17) is 0 Å². The van der Waals surface area contributed by atoms with Crippen molar-refractivity contribution in [3.63, 3.8) is 0 Å². The molecule has 0 atom stereocenters. The van der Waals surface area contributed by atoms with Crippen LogP contribution in [0.2, 0.25) is 0 Å². The molecular weight excluding hydrogens is 252 g/mol.